The minimum Gasteiger partial charge on any atom is -0.480 e. The Morgan fingerprint density at radius 2 is 2.33 bits per heavy atom. The minimum absolute atomic E-state index is 0.261. The molecular weight excluding hydrogens is 154 g/mol. The first-order chi connectivity index (χ1) is 5.77. The second-order valence-electron chi connectivity index (χ2n) is 2.26. The van der Waals surface area contributed by atoms with E-state index >= 15 is 0 Å². The number of ether oxygens (including phenoxy) is 1. The van der Waals surface area contributed by atoms with E-state index in [2.05, 4.69) is 16.8 Å². The molecule has 1 atom stereocenters. The summed E-state index contributed by atoms with van der Waals surface area (Å²) < 4.78 is 4.84. The van der Waals surface area contributed by atoms with Crippen molar-refractivity contribution in [3.63, 3.8) is 0 Å². The van der Waals surface area contributed by atoms with Gasteiger partial charge in [-0.25, -0.2) is 0 Å². The van der Waals surface area contributed by atoms with Crippen LogP contribution in [-0.4, -0.2) is 17.3 Å². The molecule has 0 aliphatic rings. The summed E-state index contributed by atoms with van der Waals surface area (Å²) in [5.74, 6) is 0.481. The van der Waals surface area contributed by atoms with Crippen molar-refractivity contribution >= 4 is 0 Å². The van der Waals surface area contributed by atoms with Gasteiger partial charge >= 0.3 is 0 Å². The molecular formula is C8H11N3O. The van der Waals surface area contributed by atoms with E-state index < -0.39 is 0 Å². The molecule has 4 heteroatoms. The van der Waals surface area contributed by atoms with E-state index in [0.717, 1.165) is 0 Å². The fourth-order valence-corrected chi connectivity index (χ4v) is 0.738. The van der Waals surface area contributed by atoms with E-state index in [1.54, 1.807) is 18.2 Å². The van der Waals surface area contributed by atoms with Gasteiger partial charge in [0.15, 0.2) is 0 Å². The summed E-state index contributed by atoms with van der Waals surface area (Å²) in [4.78, 5) is 0. The molecule has 1 rings (SSSR count). The highest BCUT2D eigenvalue weighted by Gasteiger charge is 2.02. The lowest BCUT2D eigenvalue weighted by molar-refractivity contribution is 0.391. The summed E-state index contributed by atoms with van der Waals surface area (Å²) >= 11 is 0. The number of nitrogens with zero attached hydrogens (tertiary/aromatic N) is 2. The lowest BCUT2D eigenvalue weighted by atomic mass is 10.2. The zero-order valence-electron chi connectivity index (χ0n) is 6.90. The summed E-state index contributed by atoms with van der Waals surface area (Å²) in [6, 6.07) is 3.22. The van der Waals surface area contributed by atoms with Gasteiger partial charge in [0.1, 0.15) is 0 Å². The van der Waals surface area contributed by atoms with Crippen molar-refractivity contribution < 1.29 is 4.74 Å². The molecule has 1 heterocycles. The Morgan fingerprint density at radius 1 is 1.58 bits per heavy atom. The molecule has 12 heavy (non-hydrogen) atoms. The van der Waals surface area contributed by atoms with E-state index in [9.17, 15) is 0 Å². The monoisotopic (exact) mass is 165 g/mol. The molecule has 0 bridgehead atoms. The van der Waals surface area contributed by atoms with Crippen molar-refractivity contribution in [3.8, 4) is 5.88 Å². The quantitative estimate of drug-likeness (QED) is 0.669. The molecule has 1 aromatic rings. The van der Waals surface area contributed by atoms with Crippen molar-refractivity contribution in [3.05, 3.63) is 30.5 Å². The summed E-state index contributed by atoms with van der Waals surface area (Å²) in [6.07, 6.45) is 1.61. The summed E-state index contributed by atoms with van der Waals surface area (Å²) in [6.45, 7) is 3.56. The highest BCUT2D eigenvalue weighted by Crippen LogP contribution is 2.09. The Morgan fingerprint density at radius 3 is 2.75 bits per heavy atom. The lowest BCUT2D eigenvalue weighted by Crippen LogP contribution is -2.09. The molecule has 0 saturated heterocycles. The van der Waals surface area contributed by atoms with Gasteiger partial charge in [0.25, 0.3) is 0 Å². The van der Waals surface area contributed by atoms with Crippen LogP contribution in [0.3, 0.4) is 0 Å². The molecule has 0 radical (unpaired) electrons. The smallest absolute Gasteiger partial charge is 0.233 e. The van der Waals surface area contributed by atoms with E-state index in [1.165, 1.54) is 7.11 Å². The molecule has 0 saturated carbocycles. The lowest BCUT2D eigenvalue weighted by Gasteiger charge is -2.03. The molecule has 2 N–H and O–H groups in total. The van der Waals surface area contributed by atoms with Crippen molar-refractivity contribution in [2.24, 2.45) is 5.73 Å². The Labute approximate surface area is 71.1 Å². The third-order valence-corrected chi connectivity index (χ3v) is 1.47. The first-order valence-electron chi connectivity index (χ1n) is 3.53. The second-order valence-corrected chi connectivity index (χ2v) is 2.26. The van der Waals surface area contributed by atoms with E-state index in [0.29, 0.717) is 11.6 Å². The van der Waals surface area contributed by atoms with E-state index in [4.69, 9.17) is 10.5 Å². The number of methoxy groups -OCH3 is 1. The molecule has 0 aromatic carbocycles. The van der Waals surface area contributed by atoms with Crippen LogP contribution in [0.15, 0.2) is 24.8 Å². The average Bonchev–Trinajstić information content (AvgIpc) is 2.17. The Bertz CT molecular complexity index is 258. The highest BCUT2D eigenvalue weighted by atomic mass is 16.5. The molecule has 0 aliphatic carbocycles. The number of nitrogens with two attached hydrogens (primary N) is 1. The maximum atomic E-state index is 5.62. The normalized spacial score (nSPS) is 12.2. The molecule has 0 aliphatic heterocycles. The fraction of sp³-hybridized carbons (Fsp3) is 0.250. The molecule has 0 amide bonds. The van der Waals surface area contributed by atoms with Gasteiger partial charge in [-0.2, -0.15) is 0 Å². The summed E-state index contributed by atoms with van der Waals surface area (Å²) in [5.41, 5.74) is 6.31. The second kappa shape index (κ2) is 3.82. The zero-order valence-corrected chi connectivity index (χ0v) is 6.90. The van der Waals surface area contributed by atoms with Crippen LogP contribution < -0.4 is 10.5 Å². The van der Waals surface area contributed by atoms with E-state index in [1.807, 2.05) is 0 Å². The first kappa shape index (κ1) is 8.67. The Balaban J connectivity index is 2.84. The van der Waals surface area contributed by atoms with Crippen LogP contribution in [0, 0.1) is 0 Å². The SMILES string of the molecule is C=CC(N)c1ccc(OC)nn1. The highest BCUT2D eigenvalue weighted by molar-refractivity contribution is 5.16. The maximum Gasteiger partial charge on any atom is 0.233 e. The largest absolute Gasteiger partial charge is 0.480 e. The van der Waals surface area contributed by atoms with Gasteiger partial charge in [-0.1, -0.05) is 6.08 Å². The van der Waals surface area contributed by atoms with Crippen LogP contribution in [0.5, 0.6) is 5.88 Å². The van der Waals surface area contributed by atoms with Gasteiger partial charge in [-0.3, -0.25) is 0 Å². The van der Waals surface area contributed by atoms with Crippen molar-refractivity contribution in [1.82, 2.24) is 10.2 Å². The third kappa shape index (κ3) is 1.79. The van der Waals surface area contributed by atoms with Crippen molar-refractivity contribution in [2.45, 2.75) is 6.04 Å². The Hall–Kier alpha value is -1.42. The van der Waals surface area contributed by atoms with Crippen LogP contribution >= 0.6 is 0 Å². The summed E-state index contributed by atoms with van der Waals surface area (Å²) in [7, 11) is 1.54. The van der Waals surface area contributed by atoms with Crippen molar-refractivity contribution in [1.29, 1.82) is 0 Å². The van der Waals surface area contributed by atoms with Gasteiger partial charge in [0.05, 0.1) is 18.8 Å². The van der Waals surface area contributed by atoms with Crippen LogP contribution in [0.4, 0.5) is 0 Å². The van der Waals surface area contributed by atoms with Crippen LogP contribution in [-0.2, 0) is 0 Å². The predicted octanol–water partition coefficient (Wildman–Crippen LogP) is 0.671. The number of hydrogen-bond acceptors (Lipinski definition) is 4. The van der Waals surface area contributed by atoms with Gasteiger partial charge in [-0.05, 0) is 6.07 Å². The van der Waals surface area contributed by atoms with Gasteiger partial charge in [0.2, 0.25) is 5.88 Å². The minimum atomic E-state index is -0.261. The van der Waals surface area contributed by atoms with Crippen LogP contribution in [0.1, 0.15) is 11.7 Å². The first-order valence-corrected chi connectivity index (χ1v) is 3.53. The molecule has 1 unspecified atom stereocenters. The van der Waals surface area contributed by atoms with Gasteiger partial charge in [-0.15, -0.1) is 16.8 Å². The van der Waals surface area contributed by atoms with Gasteiger partial charge in [0, 0.05) is 6.07 Å². The Kier molecular flexibility index (Phi) is 2.76. The fourth-order valence-electron chi connectivity index (χ4n) is 0.738. The maximum absolute atomic E-state index is 5.62. The molecule has 64 valence electrons. The molecule has 1 aromatic heterocycles. The molecule has 4 nitrogen and oxygen atoms in total. The molecule has 0 spiro atoms. The van der Waals surface area contributed by atoms with Crippen molar-refractivity contribution in [2.75, 3.05) is 7.11 Å². The average molecular weight is 165 g/mol. The third-order valence-electron chi connectivity index (χ3n) is 1.47. The standard InChI is InChI=1S/C8H11N3O/c1-3-6(9)7-4-5-8(12-2)11-10-7/h3-6H,1,9H2,2H3. The van der Waals surface area contributed by atoms with Gasteiger partial charge < -0.3 is 10.5 Å². The number of rotatable bonds is 3. The summed E-state index contributed by atoms with van der Waals surface area (Å²) in [5, 5.41) is 7.62. The predicted molar refractivity (Wildman–Crippen MR) is 45.7 cm³/mol. The topological polar surface area (TPSA) is 61.0 Å². The van der Waals surface area contributed by atoms with Crippen LogP contribution in [0.2, 0.25) is 0 Å². The van der Waals surface area contributed by atoms with Crippen LogP contribution in [0.25, 0.3) is 0 Å². The molecule has 0 fully saturated rings. The number of aromatic nitrogens is 2. The zero-order chi connectivity index (χ0) is 8.97. The number of hydrogen-bond donors (Lipinski definition) is 1. The van der Waals surface area contributed by atoms with E-state index in [-0.39, 0.29) is 6.04 Å².